The minimum atomic E-state index is -0.576. The van der Waals surface area contributed by atoms with Gasteiger partial charge in [0, 0.05) is 18.4 Å². The molecule has 2 nitrogen and oxygen atoms in total. The highest BCUT2D eigenvalue weighted by molar-refractivity contribution is 7.98. The fraction of sp³-hybridized carbons (Fsp3) is 0.417. The van der Waals surface area contributed by atoms with Crippen LogP contribution in [0.3, 0.4) is 0 Å². The van der Waals surface area contributed by atoms with Gasteiger partial charge in [-0.1, -0.05) is 18.2 Å². The number of benzene rings is 1. The topological polar surface area (TPSA) is 26.3 Å². The van der Waals surface area contributed by atoms with E-state index in [0.717, 1.165) is 4.90 Å². The lowest BCUT2D eigenvalue weighted by Crippen LogP contribution is -2.19. The van der Waals surface area contributed by atoms with E-state index in [1.165, 1.54) is 0 Å². The van der Waals surface area contributed by atoms with Crippen LogP contribution in [0.25, 0.3) is 0 Å². The number of carbonyl (C=O) groups excluding carboxylic acids is 1. The van der Waals surface area contributed by atoms with Gasteiger partial charge < -0.3 is 4.74 Å². The first kappa shape index (κ1) is 9.43. The minimum absolute atomic E-state index is 0.0533. The lowest BCUT2D eigenvalue weighted by molar-refractivity contribution is 0.0640. The van der Waals surface area contributed by atoms with Gasteiger partial charge in [-0.05, 0) is 25.1 Å². The smallest absolute Gasteiger partial charge is 0.192 e. The molecule has 0 spiro atoms. The summed E-state index contributed by atoms with van der Waals surface area (Å²) in [6, 6.07) is 7.49. The van der Waals surface area contributed by atoms with E-state index in [2.05, 4.69) is 0 Å². The van der Waals surface area contributed by atoms with Gasteiger partial charge in [0.15, 0.2) is 5.78 Å². The predicted molar refractivity (Wildman–Crippen MR) is 61.5 cm³/mol. The van der Waals surface area contributed by atoms with E-state index in [1.807, 2.05) is 30.5 Å². The summed E-state index contributed by atoms with van der Waals surface area (Å²) in [5.41, 5.74) is 0.680. The van der Waals surface area contributed by atoms with Gasteiger partial charge in [-0.2, -0.15) is 0 Å². The van der Waals surface area contributed by atoms with Crippen molar-refractivity contribution in [2.24, 2.45) is 0 Å². The van der Waals surface area contributed by atoms with Crippen LogP contribution < -0.4 is 0 Å². The molecule has 15 heavy (non-hydrogen) atoms. The fourth-order valence-electron chi connectivity index (χ4n) is 1.67. The van der Waals surface area contributed by atoms with E-state index in [0.29, 0.717) is 18.6 Å². The molecular formula is C12H14O2S. The van der Waals surface area contributed by atoms with Crippen LogP contribution >= 0.6 is 11.8 Å². The van der Waals surface area contributed by atoms with Crippen molar-refractivity contribution in [2.45, 2.75) is 23.8 Å². The Morgan fingerprint density at radius 2 is 2.40 bits per heavy atom. The van der Waals surface area contributed by atoms with Crippen LogP contribution in [0.2, 0.25) is 0 Å². The third-order valence-corrected chi connectivity index (χ3v) is 3.22. The number of hydrogen-bond acceptors (Lipinski definition) is 3. The van der Waals surface area contributed by atoms with Crippen molar-refractivity contribution in [3.8, 4) is 0 Å². The zero-order valence-corrected chi connectivity index (χ0v) is 9.42. The van der Waals surface area contributed by atoms with Crippen molar-refractivity contribution in [3.05, 3.63) is 29.8 Å². The Bertz CT molecular complexity index is 394. The number of ketones is 1. The molecule has 2 atom stereocenters. The van der Waals surface area contributed by atoms with E-state index in [1.54, 1.807) is 11.8 Å². The van der Waals surface area contributed by atoms with Gasteiger partial charge >= 0.3 is 0 Å². The van der Waals surface area contributed by atoms with Crippen molar-refractivity contribution < 1.29 is 10.9 Å². The van der Waals surface area contributed by atoms with Crippen LogP contribution in [-0.2, 0) is 4.74 Å². The molecule has 3 heteroatoms. The van der Waals surface area contributed by atoms with Gasteiger partial charge in [0.1, 0.15) is 6.10 Å². The highest BCUT2D eigenvalue weighted by atomic mass is 32.2. The molecule has 1 fully saturated rings. The van der Waals surface area contributed by atoms with E-state index in [9.17, 15) is 4.79 Å². The maximum absolute atomic E-state index is 12.2. The first-order chi connectivity index (χ1) is 7.74. The summed E-state index contributed by atoms with van der Waals surface area (Å²) < 4.78 is 13.1. The summed E-state index contributed by atoms with van der Waals surface area (Å²) >= 11 is 1.55. The first-order valence-electron chi connectivity index (χ1n) is 5.53. The van der Waals surface area contributed by atoms with Crippen molar-refractivity contribution in [1.29, 1.82) is 0 Å². The Labute approximate surface area is 95.4 Å². The largest absolute Gasteiger partial charge is 0.370 e. The average Bonchev–Trinajstić information content (AvgIpc) is 2.74. The summed E-state index contributed by atoms with van der Waals surface area (Å²) in [6.45, 7) is 0.520. The third kappa shape index (κ3) is 2.24. The molecule has 1 aromatic carbocycles. The summed E-state index contributed by atoms with van der Waals surface area (Å²) in [5, 5.41) is 0. The molecule has 1 saturated heterocycles. The molecule has 0 amide bonds. The number of rotatable bonds is 3. The highest BCUT2D eigenvalue weighted by Crippen LogP contribution is 2.24. The second-order valence-electron chi connectivity index (χ2n) is 3.38. The molecule has 1 heterocycles. The first-order valence-corrected chi connectivity index (χ1v) is 6.17. The summed E-state index contributed by atoms with van der Waals surface area (Å²) in [7, 11) is 0. The molecular weight excluding hydrogens is 208 g/mol. The van der Waals surface area contributed by atoms with E-state index < -0.39 is 12.5 Å². The maximum atomic E-state index is 12.2. The Morgan fingerprint density at radius 1 is 1.60 bits per heavy atom. The van der Waals surface area contributed by atoms with E-state index in [4.69, 9.17) is 6.11 Å². The molecule has 1 aliphatic heterocycles. The molecule has 0 radical (unpaired) electrons. The highest BCUT2D eigenvalue weighted by Gasteiger charge is 2.25. The summed E-state index contributed by atoms with van der Waals surface area (Å²) in [4.78, 5) is 13.1. The molecule has 0 aromatic heterocycles. The number of hydrogen-bond donors (Lipinski definition) is 0. The Morgan fingerprint density at radius 3 is 3.07 bits per heavy atom. The van der Waals surface area contributed by atoms with E-state index >= 15 is 0 Å². The molecule has 2 unspecified atom stereocenters. The number of ether oxygens (including phenoxy) is 1. The average molecular weight is 223 g/mol. The van der Waals surface area contributed by atoms with Crippen LogP contribution in [0.4, 0.5) is 0 Å². The molecule has 0 N–H and O–H groups in total. The third-order valence-electron chi connectivity index (χ3n) is 2.43. The van der Waals surface area contributed by atoms with Crippen molar-refractivity contribution in [1.82, 2.24) is 0 Å². The van der Waals surface area contributed by atoms with Gasteiger partial charge in [0.25, 0.3) is 0 Å². The summed E-state index contributed by atoms with van der Waals surface area (Å²) in [5.74, 6) is -0.0533. The predicted octanol–water partition coefficient (Wildman–Crippen LogP) is 2.77. The number of thioether (sulfide) groups is 1. The zero-order valence-electron chi connectivity index (χ0n) is 9.60. The van der Waals surface area contributed by atoms with Crippen molar-refractivity contribution in [2.75, 3.05) is 12.9 Å². The number of Topliss-reactive ketones (excluding diaryl/α,β-unsaturated/α-hetero) is 1. The Balaban J connectivity index is 2.26. The van der Waals surface area contributed by atoms with Gasteiger partial charge in [0.05, 0.1) is 0 Å². The van der Waals surface area contributed by atoms with Crippen LogP contribution in [0.5, 0.6) is 0 Å². The SMILES string of the molecule is [2H]C1CCOC1C(=O)c1ccccc1SC. The van der Waals surface area contributed by atoms with Gasteiger partial charge in [-0.25, -0.2) is 0 Å². The van der Waals surface area contributed by atoms with Crippen molar-refractivity contribution in [3.63, 3.8) is 0 Å². The second-order valence-corrected chi connectivity index (χ2v) is 4.23. The van der Waals surface area contributed by atoms with Gasteiger partial charge in [-0.3, -0.25) is 4.79 Å². The standard InChI is InChI=1S/C12H14O2S/c1-15-11-7-3-2-5-9(11)12(13)10-6-4-8-14-10/h2-3,5,7,10H,4,6,8H2,1H3/i6D. The second kappa shape index (κ2) is 4.81. The maximum Gasteiger partial charge on any atom is 0.192 e. The van der Waals surface area contributed by atoms with E-state index in [-0.39, 0.29) is 5.78 Å². The van der Waals surface area contributed by atoms with Crippen LogP contribution in [0, 0.1) is 0 Å². The van der Waals surface area contributed by atoms with Crippen LogP contribution in [0.1, 0.15) is 24.5 Å². The molecule has 2 rings (SSSR count). The minimum Gasteiger partial charge on any atom is -0.370 e. The van der Waals surface area contributed by atoms with Crippen LogP contribution in [0.15, 0.2) is 29.2 Å². The molecule has 1 aromatic rings. The number of carbonyl (C=O) groups is 1. The molecule has 1 aliphatic rings. The quantitative estimate of drug-likeness (QED) is 0.582. The fourth-order valence-corrected chi connectivity index (χ4v) is 2.27. The molecule has 0 bridgehead atoms. The summed E-state index contributed by atoms with van der Waals surface area (Å²) in [6.07, 6.45) is 1.60. The molecule has 0 saturated carbocycles. The zero-order chi connectivity index (χ0) is 11.5. The monoisotopic (exact) mass is 223 g/mol. The van der Waals surface area contributed by atoms with Gasteiger partial charge in [0.2, 0.25) is 0 Å². The lowest BCUT2D eigenvalue weighted by Gasteiger charge is -2.10. The Hall–Kier alpha value is -0.800. The molecule has 0 aliphatic carbocycles. The lowest BCUT2D eigenvalue weighted by atomic mass is 10.0. The molecule has 80 valence electrons. The van der Waals surface area contributed by atoms with Crippen molar-refractivity contribution >= 4 is 17.5 Å². The Kier molecular flexibility index (Phi) is 3.03. The van der Waals surface area contributed by atoms with Gasteiger partial charge in [-0.15, -0.1) is 11.8 Å². The normalized spacial score (nSPS) is 26.3. The van der Waals surface area contributed by atoms with Crippen LogP contribution in [-0.4, -0.2) is 24.7 Å².